The number of Topliss-reactive ketones (excluding diaryl/α,β-unsaturated/α-hetero) is 1. The Balaban J connectivity index is 1.79. The molecule has 2 rings (SSSR count). The number of nitrogens with one attached hydrogen (secondary N) is 3. The molecule has 0 radical (unpaired) electrons. The second-order valence-electron chi connectivity index (χ2n) is 10.7. The first-order valence-corrected chi connectivity index (χ1v) is 17.7. The number of ether oxygens (including phenoxy) is 1. The summed E-state index contributed by atoms with van der Waals surface area (Å²) in [5.41, 5.74) is 0. The highest BCUT2D eigenvalue weighted by Gasteiger charge is 2.39. The fraction of sp³-hybridized carbons (Fsp3) is 0.724. The van der Waals surface area contributed by atoms with E-state index in [1.807, 2.05) is 0 Å². The molecule has 3 atom stereocenters. The number of unbranched alkanes of at least 4 members (excludes halogenated alkanes) is 1. The predicted molar refractivity (Wildman–Crippen MR) is 169 cm³/mol. The molecule has 14 nitrogen and oxygen atoms in total. The molecule has 0 aromatic carbocycles. The van der Waals surface area contributed by atoms with Crippen molar-refractivity contribution < 1.29 is 43.1 Å². The van der Waals surface area contributed by atoms with Crippen LogP contribution in [0.25, 0.3) is 0 Å². The van der Waals surface area contributed by atoms with Crippen molar-refractivity contribution in [3.63, 3.8) is 0 Å². The maximum atomic E-state index is 13.0. The Bertz CT molecular complexity index is 1110. The Kier molecular flexibility index (Phi) is 17.2. The van der Waals surface area contributed by atoms with Crippen molar-refractivity contribution in [3.05, 3.63) is 0 Å². The number of carbonyl (C=O) groups excluding carboxylic acids is 8. The van der Waals surface area contributed by atoms with Gasteiger partial charge in [-0.25, -0.2) is 0 Å². The molecule has 45 heavy (non-hydrogen) atoms. The number of imide groups is 2. The van der Waals surface area contributed by atoms with E-state index in [2.05, 4.69) is 16.0 Å². The Morgan fingerprint density at radius 3 is 1.89 bits per heavy atom. The number of hydrogen-bond acceptors (Lipinski definition) is 11. The lowest BCUT2D eigenvalue weighted by Gasteiger charge is -2.19. The molecule has 0 aromatic rings. The van der Waals surface area contributed by atoms with Gasteiger partial charge in [-0.15, -0.1) is 0 Å². The van der Waals surface area contributed by atoms with Gasteiger partial charge in [0, 0.05) is 71.8 Å². The summed E-state index contributed by atoms with van der Waals surface area (Å²) in [6.07, 6.45) is 5.77. The first-order chi connectivity index (χ1) is 21.5. The van der Waals surface area contributed by atoms with Gasteiger partial charge in [-0.05, 0) is 38.2 Å². The van der Waals surface area contributed by atoms with Gasteiger partial charge in [-0.2, -0.15) is 23.5 Å². The Morgan fingerprint density at radius 2 is 1.36 bits per heavy atom. The molecule has 16 heteroatoms. The SMILES string of the molecule is CNC(=O)CCOCCCC(=O)C(CCCCNC(=O)CCN1C(=O)CC(SC)C1=O)NC(=O)CCN1C(=O)CC(SC)C1=O. The summed E-state index contributed by atoms with van der Waals surface area (Å²) < 4.78 is 5.41. The second-order valence-corrected chi connectivity index (χ2v) is 12.8. The number of carbonyl (C=O) groups is 8. The van der Waals surface area contributed by atoms with Gasteiger partial charge in [0.2, 0.25) is 41.4 Å². The van der Waals surface area contributed by atoms with Crippen LogP contribution in [0, 0.1) is 0 Å². The Labute approximate surface area is 272 Å². The molecule has 2 aliphatic rings. The van der Waals surface area contributed by atoms with Gasteiger partial charge < -0.3 is 20.7 Å². The second kappa shape index (κ2) is 20.2. The third-order valence-corrected chi connectivity index (χ3v) is 9.40. The van der Waals surface area contributed by atoms with Crippen LogP contribution < -0.4 is 16.0 Å². The minimum absolute atomic E-state index is 0.000646. The molecule has 3 unspecified atom stereocenters. The van der Waals surface area contributed by atoms with Crippen molar-refractivity contribution >= 4 is 70.7 Å². The average Bonchev–Trinajstić information content (AvgIpc) is 3.46. The summed E-state index contributed by atoms with van der Waals surface area (Å²) in [7, 11) is 1.54. The van der Waals surface area contributed by atoms with Gasteiger partial charge in [0.25, 0.3) is 0 Å². The lowest BCUT2D eigenvalue weighted by atomic mass is 10.0. The van der Waals surface area contributed by atoms with Crippen LogP contribution in [0.15, 0.2) is 0 Å². The Morgan fingerprint density at radius 1 is 0.778 bits per heavy atom. The maximum absolute atomic E-state index is 13.0. The fourth-order valence-electron chi connectivity index (χ4n) is 4.85. The first-order valence-electron chi connectivity index (χ1n) is 15.1. The number of amides is 7. The Hall–Kier alpha value is -2.98. The smallest absolute Gasteiger partial charge is 0.242 e. The summed E-state index contributed by atoms with van der Waals surface area (Å²) in [5, 5.41) is 7.17. The van der Waals surface area contributed by atoms with Crippen molar-refractivity contribution in [1.29, 1.82) is 0 Å². The molecule has 0 spiro atoms. The van der Waals surface area contributed by atoms with Crippen LogP contribution in [0.2, 0.25) is 0 Å². The van der Waals surface area contributed by atoms with E-state index in [1.54, 1.807) is 12.5 Å². The van der Waals surface area contributed by atoms with Crippen LogP contribution in [0.4, 0.5) is 0 Å². The average molecular weight is 672 g/mol. The number of rotatable bonds is 22. The summed E-state index contributed by atoms with van der Waals surface area (Å²) in [6.45, 7) is 0.800. The first kappa shape index (κ1) is 38.2. The largest absolute Gasteiger partial charge is 0.381 e. The van der Waals surface area contributed by atoms with Crippen LogP contribution >= 0.6 is 23.5 Å². The van der Waals surface area contributed by atoms with E-state index >= 15 is 0 Å². The lowest BCUT2D eigenvalue weighted by Crippen LogP contribution is -2.43. The summed E-state index contributed by atoms with van der Waals surface area (Å²) >= 11 is 2.61. The van der Waals surface area contributed by atoms with E-state index in [1.165, 1.54) is 30.6 Å². The van der Waals surface area contributed by atoms with Gasteiger partial charge in [-0.1, -0.05) is 0 Å². The van der Waals surface area contributed by atoms with Gasteiger partial charge in [0.05, 0.1) is 23.1 Å². The number of hydrogen-bond donors (Lipinski definition) is 3. The summed E-state index contributed by atoms with van der Waals surface area (Å²) in [6, 6.07) is -0.792. The molecule has 2 saturated heterocycles. The predicted octanol–water partition coefficient (Wildman–Crippen LogP) is 0.0209. The number of ketones is 1. The maximum Gasteiger partial charge on any atom is 0.242 e. The van der Waals surface area contributed by atoms with E-state index in [0.717, 1.165) is 9.80 Å². The quantitative estimate of drug-likeness (QED) is 0.104. The van der Waals surface area contributed by atoms with E-state index in [9.17, 15) is 38.4 Å². The molecule has 2 fully saturated rings. The molecule has 2 aliphatic heterocycles. The van der Waals surface area contributed by atoms with E-state index < -0.39 is 22.4 Å². The van der Waals surface area contributed by atoms with E-state index in [0.29, 0.717) is 32.2 Å². The topological polar surface area (TPSA) is 188 Å². The van der Waals surface area contributed by atoms with E-state index in [-0.39, 0.29) is 106 Å². The van der Waals surface area contributed by atoms with Crippen LogP contribution in [0.1, 0.15) is 64.2 Å². The molecule has 252 valence electrons. The zero-order valence-electron chi connectivity index (χ0n) is 26.2. The standard InChI is InChI=1S/C29H45N5O9S2/c1-30-23(36)11-16-43-15-6-8-20(35)19(32-25(38)10-14-34-27(40)18-22(45-3)29(34)42)7-4-5-12-31-24(37)9-13-33-26(39)17-21(44-2)28(33)41/h19,21-22H,4-18H2,1-3H3,(H,30,36)(H,31,37)(H,32,38). The van der Waals surface area contributed by atoms with E-state index in [4.69, 9.17) is 4.74 Å². The fourth-order valence-corrected chi connectivity index (χ4v) is 6.13. The highest BCUT2D eigenvalue weighted by atomic mass is 32.2. The van der Waals surface area contributed by atoms with Crippen molar-refractivity contribution in [3.8, 4) is 0 Å². The monoisotopic (exact) mass is 671 g/mol. The summed E-state index contributed by atoms with van der Waals surface area (Å²) in [5.74, 6) is -2.26. The third kappa shape index (κ3) is 12.7. The molecule has 0 aliphatic carbocycles. The third-order valence-electron chi connectivity index (χ3n) is 7.53. The number of thioether (sulfide) groups is 2. The lowest BCUT2D eigenvalue weighted by molar-refractivity contribution is -0.140. The van der Waals surface area contributed by atoms with Gasteiger partial charge >= 0.3 is 0 Å². The number of nitrogens with zero attached hydrogens (tertiary/aromatic N) is 2. The molecule has 0 bridgehead atoms. The van der Waals surface area contributed by atoms with Gasteiger partial charge in [0.1, 0.15) is 0 Å². The number of likely N-dealkylation sites (tertiary alicyclic amines) is 2. The normalized spacial score (nSPS) is 18.8. The zero-order valence-corrected chi connectivity index (χ0v) is 27.9. The van der Waals surface area contributed by atoms with Crippen molar-refractivity contribution in [2.45, 2.75) is 80.7 Å². The molecule has 3 N–H and O–H groups in total. The molecule has 2 heterocycles. The minimum Gasteiger partial charge on any atom is -0.381 e. The van der Waals surface area contributed by atoms with Crippen molar-refractivity contribution in [2.24, 2.45) is 0 Å². The molecule has 7 amide bonds. The molecular formula is C29H45N5O9S2. The molecule has 0 aromatic heterocycles. The van der Waals surface area contributed by atoms with Crippen LogP contribution in [-0.2, 0) is 43.1 Å². The highest BCUT2D eigenvalue weighted by molar-refractivity contribution is 8.00. The van der Waals surface area contributed by atoms with Crippen molar-refractivity contribution in [2.75, 3.05) is 52.4 Å². The molecular weight excluding hydrogens is 626 g/mol. The highest BCUT2D eigenvalue weighted by Crippen LogP contribution is 2.24. The van der Waals surface area contributed by atoms with Crippen molar-refractivity contribution in [1.82, 2.24) is 25.8 Å². The summed E-state index contributed by atoms with van der Waals surface area (Å²) in [4.78, 5) is 100. The van der Waals surface area contributed by atoms with Gasteiger partial charge in [0.15, 0.2) is 5.78 Å². The van der Waals surface area contributed by atoms with Gasteiger partial charge in [-0.3, -0.25) is 48.2 Å². The van der Waals surface area contributed by atoms with Crippen LogP contribution in [-0.4, -0.2) is 126 Å². The minimum atomic E-state index is -0.792. The molecule has 0 saturated carbocycles. The van der Waals surface area contributed by atoms with Crippen LogP contribution in [0.3, 0.4) is 0 Å². The zero-order chi connectivity index (χ0) is 33.4. The van der Waals surface area contributed by atoms with Crippen LogP contribution in [0.5, 0.6) is 0 Å².